The maximum absolute atomic E-state index is 12.6. The molecular formula is C14H17ClN4O4S. The van der Waals surface area contributed by atoms with Gasteiger partial charge in [-0.15, -0.1) is 10.2 Å². The molecule has 0 saturated heterocycles. The fraction of sp³-hybridized carbons (Fsp3) is 0.357. The Balaban J connectivity index is 2.36. The van der Waals surface area contributed by atoms with Crippen molar-refractivity contribution in [3.63, 3.8) is 0 Å². The largest absolute Gasteiger partial charge is 0.478 e. The first-order chi connectivity index (χ1) is 11.1. The van der Waals surface area contributed by atoms with E-state index < -0.39 is 22.0 Å². The summed E-state index contributed by atoms with van der Waals surface area (Å²) in [7, 11) is -4.04. The Morgan fingerprint density at radius 3 is 2.58 bits per heavy atom. The van der Waals surface area contributed by atoms with Crippen LogP contribution in [-0.4, -0.2) is 34.3 Å². The zero-order chi connectivity index (χ0) is 18.1. The zero-order valence-electron chi connectivity index (χ0n) is 13.3. The number of carboxylic acid groups (broad SMARTS) is 1. The Hall–Kier alpha value is -1.97. The summed E-state index contributed by atoms with van der Waals surface area (Å²) in [4.78, 5) is 10.7. The number of benzene rings is 1. The number of rotatable bonds is 6. The van der Waals surface area contributed by atoms with Gasteiger partial charge in [0.1, 0.15) is 11.2 Å². The second-order valence-electron chi connectivity index (χ2n) is 5.48. The first-order valence-corrected chi connectivity index (χ1v) is 8.94. The van der Waals surface area contributed by atoms with Crippen LogP contribution in [0.5, 0.6) is 0 Å². The van der Waals surface area contributed by atoms with Gasteiger partial charge in [-0.3, -0.25) is 0 Å². The molecule has 10 heteroatoms. The third kappa shape index (κ3) is 3.74. The summed E-state index contributed by atoms with van der Waals surface area (Å²) in [6.07, 6.45) is 1.52. The van der Waals surface area contributed by atoms with E-state index in [1.165, 1.54) is 18.5 Å². The van der Waals surface area contributed by atoms with E-state index in [0.717, 1.165) is 6.07 Å². The minimum Gasteiger partial charge on any atom is -0.478 e. The van der Waals surface area contributed by atoms with Gasteiger partial charge in [-0.25, -0.2) is 17.9 Å². The van der Waals surface area contributed by atoms with Crippen LogP contribution in [0.15, 0.2) is 29.4 Å². The Kier molecular flexibility index (Phi) is 5.26. The molecule has 0 saturated carbocycles. The summed E-state index contributed by atoms with van der Waals surface area (Å²) in [5, 5.41) is 16.7. The molecule has 0 aliphatic carbocycles. The van der Waals surface area contributed by atoms with Crippen LogP contribution in [-0.2, 0) is 10.0 Å². The Morgan fingerprint density at radius 1 is 1.33 bits per heavy atom. The van der Waals surface area contributed by atoms with Gasteiger partial charge in [-0.05, 0) is 39.0 Å². The van der Waals surface area contributed by atoms with Crippen molar-refractivity contribution >= 4 is 27.6 Å². The molecule has 2 N–H and O–H groups in total. The molecule has 0 radical (unpaired) electrons. The van der Waals surface area contributed by atoms with Crippen LogP contribution in [0.25, 0.3) is 0 Å². The molecule has 0 bridgehead atoms. The van der Waals surface area contributed by atoms with Gasteiger partial charge in [0.15, 0.2) is 5.82 Å². The lowest BCUT2D eigenvalue weighted by atomic mass is 10.2. The Labute approximate surface area is 144 Å². The van der Waals surface area contributed by atoms with E-state index >= 15 is 0 Å². The minimum atomic E-state index is -4.04. The van der Waals surface area contributed by atoms with Crippen molar-refractivity contribution in [3.8, 4) is 0 Å². The number of sulfonamides is 1. The average molecular weight is 373 g/mol. The van der Waals surface area contributed by atoms with Crippen LogP contribution in [0, 0.1) is 0 Å². The van der Waals surface area contributed by atoms with Crippen LogP contribution in [0.3, 0.4) is 0 Å². The van der Waals surface area contributed by atoms with Gasteiger partial charge in [-0.1, -0.05) is 11.6 Å². The zero-order valence-corrected chi connectivity index (χ0v) is 14.8. The maximum Gasteiger partial charge on any atom is 0.335 e. The minimum absolute atomic E-state index is 0.0564. The predicted octanol–water partition coefficient (Wildman–Crippen LogP) is 2.25. The molecule has 1 heterocycles. The van der Waals surface area contributed by atoms with Gasteiger partial charge < -0.3 is 9.67 Å². The van der Waals surface area contributed by atoms with Crippen molar-refractivity contribution in [3.05, 3.63) is 40.9 Å². The first kappa shape index (κ1) is 18.4. The lowest BCUT2D eigenvalue weighted by Gasteiger charge is -2.17. The van der Waals surface area contributed by atoms with Crippen molar-refractivity contribution < 1.29 is 18.3 Å². The molecule has 0 aliphatic rings. The fourth-order valence-electron chi connectivity index (χ4n) is 2.15. The second-order valence-corrected chi connectivity index (χ2v) is 7.57. The highest BCUT2D eigenvalue weighted by atomic mass is 35.5. The van der Waals surface area contributed by atoms with Gasteiger partial charge in [0.2, 0.25) is 10.0 Å². The van der Waals surface area contributed by atoms with E-state index in [-0.39, 0.29) is 21.5 Å². The van der Waals surface area contributed by atoms with Crippen molar-refractivity contribution in [1.29, 1.82) is 0 Å². The highest BCUT2D eigenvalue weighted by Crippen LogP contribution is 2.25. The average Bonchev–Trinajstić information content (AvgIpc) is 2.96. The number of halogens is 1. The molecule has 0 spiro atoms. The number of hydrogen-bond donors (Lipinski definition) is 2. The van der Waals surface area contributed by atoms with Gasteiger partial charge >= 0.3 is 5.97 Å². The van der Waals surface area contributed by atoms with E-state index in [2.05, 4.69) is 14.9 Å². The quantitative estimate of drug-likeness (QED) is 0.803. The molecule has 8 nitrogen and oxygen atoms in total. The SMILES string of the molecule is CC(NS(=O)(=O)c1cc(C(=O)O)ccc1Cl)c1nncn1C(C)C. The molecule has 1 unspecified atom stereocenters. The topological polar surface area (TPSA) is 114 Å². The summed E-state index contributed by atoms with van der Waals surface area (Å²) >= 11 is 5.93. The molecule has 1 aromatic heterocycles. The molecule has 1 atom stereocenters. The third-order valence-electron chi connectivity index (χ3n) is 3.34. The summed E-state index contributed by atoms with van der Waals surface area (Å²) in [5.74, 6) is -0.796. The van der Waals surface area contributed by atoms with E-state index in [9.17, 15) is 13.2 Å². The molecule has 2 rings (SSSR count). The van der Waals surface area contributed by atoms with E-state index in [0.29, 0.717) is 5.82 Å². The molecule has 2 aromatic rings. The van der Waals surface area contributed by atoms with Gasteiger partial charge in [0.25, 0.3) is 0 Å². The summed E-state index contributed by atoms with van der Waals surface area (Å²) in [6, 6.07) is 2.88. The Morgan fingerprint density at radius 2 is 2.00 bits per heavy atom. The molecular weight excluding hydrogens is 356 g/mol. The number of carboxylic acids is 1. The summed E-state index contributed by atoms with van der Waals surface area (Å²) in [6.45, 7) is 5.46. The van der Waals surface area contributed by atoms with Gasteiger partial charge in [0.05, 0.1) is 16.6 Å². The smallest absolute Gasteiger partial charge is 0.335 e. The van der Waals surface area contributed by atoms with E-state index in [1.807, 2.05) is 13.8 Å². The van der Waals surface area contributed by atoms with Crippen LogP contribution < -0.4 is 4.72 Å². The Bertz CT molecular complexity index is 863. The second kappa shape index (κ2) is 6.88. The molecule has 0 aliphatic heterocycles. The summed E-state index contributed by atoms with van der Waals surface area (Å²) in [5.41, 5.74) is -0.169. The number of carbonyl (C=O) groups is 1. The molecule has 1 aromatic carbocycles. The number of aromatic nitrogens is 3. The number of nitrogens with one attached hydrogen (secondary N) is 1. The first-order valence-electron chi connectivity index (χ1n) is 7.08. The van der Waals surface area contributed by atoms with Crippen molar-refractivity contribution in [2.75, 3.05) is 0 Å². The lowest BCUT2D eigenvalue weighted by Crippen LogP contribution is -2.29. The predicted molar refractivity (Wildman–Crippen MR) is 87.6 cm³/mol. The number of hydrogen-bond acceptors (Lipinski definition) is 5. The van der Waals surface area contributed by atoms with Crippen molar-refractivity contribution in [2.45, 2.75) is 37.8 Å². The highest BCUT2D eigenvalue weighted by Gasteiger charge is 2.25. The van der Waals surface area contributed by atoms with E-state index in [4.69, 9.17) is 16.7 Å². The standard InChI is InChI=1S/C14H17ClN4O4S/c1-8(2)19-7-16-17-13(19)9(3)18-24(22,23)12-6-10(14(20)21)4-5-11(12)15/h4-9,18H,1-3H3,(H,20,21). The normalized spacial score (nSPS) is 13.2. The third-order valence-corrected chi connectivity index (χ3v) is 5.37. The maximum atomic E-state index is 12.6. The van der Waals surface area contributed by atoms with Gasteiger partial charge in [-0.2, -0.15) is 0 Å². The van der Waals surface area contributed by atoms with Gasteiger partial charge in [0, 0.05) is 6.04 Å². The summed E-state index contributed by atoms with van der Waals surface area (Å²) < 4.78 is 29.3. The van der Waals surface area contributed by atoms with Crippen LogP contribution in [0.2, 0.25) is 5.02 Å². The molecule has 0 amide bonds. The molecule has 24 heavy (non-hydrogen) atoms. The van der Waals surface area contributed by atoms with Crippen LogP contribution in [0.4, 0.5) is 0 Å². The van der Waals surface area contributed by atoms with E-state index in [1.54, 1.807) is 11.5 Å². The lowest BCUT2D eigenvalue weighted by molar-refractivity contribution is 0.0696. The fourth-order valence-corrected chi connectivity index (χ4v) is 3.88. The molecule has 0 fully saturated rings. The highest BCUT2D eigenvalue weighted by molar-refractivity contribution is 7.89. The van der Waals surface area contributed by atoms with Crippen molar-refractivity contribution in [1.82, 2.24) is 19.5 Å². The molecule has 130 valence electrons. The van der Waals surface area contributed by atoms with Crippen LogP contribution in [0.1, 0.15) is 49.0 Å². The number of aromatic carboxylic acids is 1. The monoisotopic (exact) mass is 372 g/mol. The van der Waals surface area contributed by atoms with Crippen LogP contribution >= 0.6 is 11.6 Å². The van der Waals surface area contributed by atoms with Crippen molar-refractivity contribution in [2.24, 2.45) is 0 Å². The number of nitrogens with zero attached hydrogens (tertiary/aromatic N) is 3.